The average molecular weight is 475 g/mol. The maximum Gasteiger partial charge on any atom is 0.143 e. The largest absolute Gasteiger partial charge is 0.495 e. The van der Waals surface area contributed by atoms with Gasteiger partial charge in [0.05, 0.1) is 18.1 Å². The first-order valence-electron chi connectivity index (χ1n) is 12.7. The zero-order valence-corrected chi connectivity index (χ0v) is 21.4. The SMILES string of the molecule is COc1cc(C)c(C2CC(C)(C)Oc3c(C)cc4c([nH]c5ccccc54)c32)c2c1[nH]c1ccccc12. The molecule has 0 saturated carbocycles. The molecule has 1 unspecified atom stereocenters. The second kappa shape index (κ2) is 7.30. The molecular formula is C32H30N2O2. The minimum absolute atomic E-state index is 0.159. The molecule has 2 aromatic heterocycles. The molecular weight excluding hydrogens is 444 g/mol. The molecule has 0 saturated heterocycles. The summed E-state index contributed by atoms with van der Waals surface area (Å²) in [5.41, 5.74) is 9.27. The van der Waals surface area contributed by atoms with E-state index in [0.29, 0.717) is 0 Å². The molecule has 6 aromatic rings. The van der Waals surface area contributed by atoms with Gasteiger partial charge in [0, 0.05) is 44.1 Å². The summed E-state index contributed by atoms with van der Waals surface area (Å²) in [6.07, 6.45) is 0.885. The van der Waals surface area contributed by atoms with Crippen LogP contribution in [0.15, 0.2) is 60.7 Å². The van der Waals surface area contributed by atoms with E-state index in [1.54, 1.807) is 7.11 Å². The number of aromatic nitrogens is 2. The number of nitrogens with one attached hydrogen (secondary N) is 2. The van der Waals surface area contributed by atoms with E-state index in [9.17, 15) is 0 Å². The molecule has 4 aromatic carbocycles. The molecule has 180 valence electrons. The van der Waals surface area contributed by atoms with Crippen LogP contribution in [0.1, 0.15) is 48.4 Å². The van der Waals surface area contributed by atoms with Crippen molar-refractivity contribution in [2.75, 3.05) is 7.11 Å². The highest BCUT2D eigenvalue weighted by Gasteiger charge is 2.39. The maximum absolute atomic E-state index is 6.72. The summed E-state index contributed by atoms with van der Waals surface area (Å²) in [4.78, 5) is 7.42. The number of para-hydroxylation sites is 2. The third-order valence-electron chi connectivity index (χ3n) is 7.96. The predicted molar refractivity (Wildman–Crippen MR) is 149 cm³/mol. The summed E-state index contributed by atoms with van der Waals surface area (Å²) in [6.45, 7) is 8.83. The zero-order chi connectivity index (χ0) is 24.8. The predicted octanol–water partition coefficient (Wildman–Crippen LogP) is 8.27. The standard InChI is InChI=1S/C32H30N2O2/c1-17-15-25(35-5)30-27(20-11-7-9-13-24(20)34-30)26(17)22-16-32(3,4)36-31-18(2)14-21-19-10-6-8-12-23(19)33-29(21)28(22)31/h6-15,22,33-34H,16H2,1-5H3. The summed E-state index contributed by atoms with van der Waals surface area (Å²) in [5, 5.41) is 5.00. The fourth-order valence-electron chi connectivity index (χ4n) is 6.52. The van der Waals surface area contributed by atoms with E-state index in [0.717, 1.165) is 34.5 Å². The number of rotatable bonds is 2. The van der Waals surface area contributed by atoms with Crippen molar-refractivity contribution in [2.45, 2.75) is 45.6 Å². The Labute approximate surface area is 210 Å². The van der Waals surface area contributed by atoms with Crippen molar-refractivity contribution < 1.29 is 9.47 Å². The van der Waals surface area contributed by atoms with Crippen LogP contribution in [-0.4, -0.2) is 22.7 Å². The fourth-order valence-corrected chi connectivity index (χ4v) is 6.52. The van der Waals surface area contributed by atoms with E-state index in [1.165, 1.54) is 49.3 Å². The molecule has 1 atom stereocenters. The number of hydrogen-bond donors (Lipinski definition) is 2. The number of methoxy groups -OCH3 is 1. The lowest BCUT2D eigenvalue weighted by atomic mass is 9.76. The summed E-state index contributed by atoms with van der Waals surface area (Å²) < 4.78 is 12.6. The van der Waals surface area contributed by atoms with E-state index in [4.69, 9.17) is 9.47 Å². The molecule has 1 aliphatic heterocycles. The van der Waals surface area contributed by atoms with Gasteiger partial charge in [0.1, 0.15) is 17.1 Å². The molecule has 0 bridgehead atoms. The zero-order valence-electron chi connectivity index (χ0n) is 21.4. The number of benzene rings is 4. The van der Waals surface area contributed by atoms with Crippen LogP contribution >= 0.6 is 0 Å². The van der Waals surface area contributed by atoms with E-state index < -0.39 is 0 Å². The van der Waals surface area contributed by atoms with Crippen molar-refractivity contribution in [3.8, 4) is 11.5 Å². The first kappa shape index (κ1) is 21.4. The van der Waals surface area contributed by atoms with Crippen molar-refractivity contribution in [2.24, 2.45) is 0 Å². The van der Waals surface area contributed by atoms with Crippen molar-refractivity contribution >= 4 is 43.6 Å². The van der Waals surface area contributed by atoms with E-state index in [-0.39, 0.29) is 11.5 Å². The van der Waals surface area contributed by atoms with Gasteiger partial charge in [0.25, 0.3) is 0 Å². The minimum atomic E-state index is -0.299. The smallest absolute Gasteiger partial charge is 0.143 e. The number of fused-ring (bicyclic) bond motifs is 8. The lowest BCUT2D eigenvalue weighted by molar-refractivity contribution is 0.0772. The number of hydrogen-bond acceptors (Lipinski definition) is 2. The molecule has 3 heterocycles. The highest BCUT2D eigenvalue weighted by atomic mass is 16.5. The van der Waals surface area contributed by atoms with Gasteiger partial charge in [-0.2, -0.15) is 0 Å². The molecule has 0 radical (unpaired) electrons. The fraction of sp³-hybridized carbons (Fsp3) is 0.250. The topological polar surface area (TPSA) is 50.0 Å². The molecule has 0 spiro atoms. The van der Waals surface area contributed by atoms with Crippen molar-refractivity contribution in [1.29, 1.82) is 0 Å². The molecule has 0 amide bonds. The van der Waals surface area contributed by atoms with Crippen LogP contribution in [0.2, 0.25) is 0 Å². The van der Waals surface area contributed by atoms with E-state index >= 15 is 0 Å². The summed E-state index contributed by atoms with van der Waals surface area (Å²) in [6, 6.07) is 21.6. The first-order valence-corrected chi connectivity index (χ1v) is 12.7. The Morgan fingerprint density at radius 3 is 2.22 bits per heavy atom. The van der Waals surface area contributed by atoms with Gasteiger partial charge < -0.3 is 19.4 Å². The highest BCUT2D eigenvalue weighted by Crippen LogP contribution is 2.53. The molecule has 0 fully saturated rings. The van der Waals surface area contributed by atoms with Crippen molar-refractivity contribution in [3.63, 3.8) is 0 Å². The Morgan fingerprint density at radius 2 is 1.47 bits per heavy atom. The van der Waals surface area contributed by atoms with E-state index in [2.05, 4.69) is 98.3 Å². The van der Waals surface area contributed by atoms with Crippen LogP contribution < -0.4 is 9.47 Å². The van der Waals surface area contributed by atoms with Crippen molar-refractivity contribution in [1.82, 2.24) is 9.97 Å². The van der Waals surface area contributed by atoms with Crippen LogP contribution in [0.25, 0.3) is 43.6 Å². The van der Waals surface area contributed by atoms with Gasteiger partial charge in [0.15, 0.2) is 0 Å². The van der Waals surface area contributed by atoms with Gasteiger partial charge in [-0.1, -0.05) is 36.4 Å². The second-order valence-corrected chi connectivity index (χ2v) is 10.9. The average Bonchev–Trinajstić information content (AvgIpc) is 3.42. The van der Waals surface area contributed by atoms with Gasteiger partial charge in [-0.05, 0) is 75.1 Å². The Bertz CT molecular complexity index is 1840. The molecule has 7 rings (SSSR count). The summed E-state index contributed by atoms with van der Waals surface area (Å²) in [5.74, 6) is 2.05. The normalized spacial score (nSPS) is 17.1. The van der Waals surface area contributed by atoms with Gasteiger partial charge in [-0.15, -0.1) is 0 Å². The molecule has 36 heavy (non-hydrogen) atoms. The van der Waals surface area contributed by atoms with Crippen LogP contribution in [0.5, 0.6) is 11.5 Å². The summed E-state index contributed by atoms with van der Waals surface area (Å²) >= 11 is 0. The Kier molecular flexibility index (Phi) is 4.33. The van der Waals surface area contributed by atoms with Crippen LogP contribution in [-0.2, 0) is 0 Å². The van der Waals surface area contributed by atoms with Crippen LogP contribution in [0, 0.1) is 13.8 Å². The quantitative estimate of drug-likeness (QED) is 0.265. The third kappa shape index (κ3) is 2.87. The van der Waals surface area contributed by atoms with Crippen LogP contribution in [0.3, 0.4) is 0 Å². The molecule has 0 aliphatic carbocycles. The highest BCUT2D eigenvalue weighted by molar-refractivity contribution is 6.13. The minimum Gasteiger partial charge on any atom is -0.495 e. The van der Waals surface area contributed by atoms with Crippen molar-refractivity contribution in [3.05, 3.63) is 82.9 Å². The lowest BCUT2D eigenvalue weighted by Gasteiger charge is -2.39. The Hall–Kier alpha value is -3.92. The van der Waals surface area contributed by atoms with Gasteiger partial charge in [-0.3, -0.25) is 0 Å². The Balaban J connectivity index is 1.64. The molecule has 4 heteroatoms. The van der Waals surface area contributed by atoms with Gasteiger partial charge in [-0.25, -0.2) is 0 Å². The monoisotopic (exact) mass is 474 g/mol. The maximum atomic E-state index is 6.72. The third-order valence-corrected chi connectivity index (χ3v) is 7.96. The molecule has 4 nitrogen and oxygen atoms in total. The number of aromatic amines is 2. The summed E-state index contributed by atoms with van der Waals surface area (Å²) in [7, 11) is 1.75. The number of H-pyrrole nitrogens is 2. The second-order valence-electron chi connectivity index (χ2n) is 10.9. The molecule has 2 N–H and O–H groups in total. The lowest BCUT2D eigenvalue weighted by Crippen LogP contribution is -2.36. The number of aryl methyl sites for hydroxylation is 2. The van der Waals surface area contributed by atoms with Gasteiger partial charge in [0.2, 0.25) is 0 Å². The number of ether oxygens (including phenoxy) is 2. The molecule has 1 aliphatic rings. The first-order chi connectivity index (χ1) is 17.4. The van der Waals surface area contributed by atoms with Gasteiger partial charge >= 0.3 is 0 Å². The Morgan fingerprint density at radius 1 is 0.806 bits per heavy atom. The van der Waals surface area contributed by atoms with Crippen LogP contribution in [0.4, 0.5) is 0 Å². The van der Waals surface area contributed by atoms with E-state index in [1.807, 2.05) is 0 Å².